The van der Waals surface area contributed by atoms with Crippen LogP contribution in [0.5, 0.6) is 5.75 Å². The Balaban J connectivity index is 1.98. The highest BCUT2D eigenvalue weighted by Crippen LogP contribution is 2.29. The molecule has 192 valence electrons. The van der Waals surface area contributed by atoms with Crippen LogP contribution in [0.15, 0.2) is 70.3 Å². The van der Waals surface area contributed by atoms with Gasteiger partial charge in [-0.15, -0.1) is 0 Å². The van der Waals surface area contributed by atoms with Crippen LogP contribution in [0.1, 0.15) is 28.4 Å². The fourth-order valence-electron chi connectivity index (χ4n) is 4.42. The molecule has 1 atom stereocenters. The van der Waals surface area contributed by atoms with Gasteiger partial charge in [0, 0.05) is 22.4 Å². The molecule has 9 heteroatoms. The summed E-state index contributed by atoms with van der Waals surface area (Å²) in [5.74, 6) is -1.99. The van der Waals surface area contributed by atoms with Crippen LogP contribution >= 0.6 is 0 Å². The Labute approximate surface area is 211 Å². The molecule has 0 spiro atoms. The second-order valence-electron chi connectivity index (χ2n) is 8.73. The SMILES string of the molecule is COc1cccc(-c2c(C)n(Cc3c(C)cccc3F)c(=O)n(C[C@H](N)c3ccccc3F)c2=O)c1F. The van der Waals surface area contributed by atoms with Crippen molar-refractivity contribution in [1.29, 1.82) is 0 Å². The van der Waals surface area contributed by atoms with Crippen molar-refractivity contribution in [1.82, 2.24) is 9.13 Å². The highest BCUT2D eigenvalue weighted by Gasteiger charge is 2.24. The third-order valence-corrected chi connectivity index (χ3v) is 6.49. The molecule has 37 heavy (non-hydrogen) atoms. The summed E-state index contributed by atoms with van der Waals surface area (Å²) >= 11 is 0. The highest BCUT2D eigenvalue weighted by molar-refractivity contribution is 5.67. The van der Waals surface area contributed by atoms with Gasteiger partial charge in [-0.25, -0.2) is 18.0 Å². The minimum absolute atomic E-state index is 0.0888. The van der Waals surface area contributed by atoms with Crippen LogP contribution < -0.4 is 21.7 Å². The lowest BCUT2D eigenvalue weighted by atomic mass is 10.0. The number of nitrogens with zero attached hydrogens (tertiary/aromatic N) is 2. The van der Waals surface area contributed by atoms with Gasteiger partial charge in [-0.1, -0.05) is 42.5 Å². The lowest BCUT2D eigenvalue weighted by molar-refractivity contribution is 0.387. The summed E-state index contributed by atoms with van der Waals surface area (Å²) < 4.78 is 51.5. The Kier molecular flexibility index (Phi) is 7.35. The lowest BCUT2D eigenvalue weighted by Gasteiger charge is -2.21. The molecule has 0 aliphatic heterocycles. The molecule has 6 nitrogen and oxygen atoms in total. The van der Waals surface area contributed by atoms with Crippen molar-refractivity contribution in [2.45, 2.75) is 33.0 Å². The first kappa shape index (κ1) is 26.0. The minimum Gasteiger partial charge on any atom is -0.494 e. The Morgan fingerprint density at radius 1 is 0.892 bits per heavy atom. The molecule has 0 saturated carbocycles. The summed E-state index contributed by atoms with van der Waals surface area (Å²) in [6.07, 6.45) is 0. The topological polar surface area (TPSA) is 79.2 Å². The smallest absolute Gasteiger partial charge is 0.331 e. The van der Waals surface area contributed by atoms with Gasteiger partial charge in [-0.2, -0.15) is 0 Å². The number of aryl methyl sites for hydroxylation is 1. The van der Waals surface area contributed by atoms with Crippen LogP contribution in [0.2, 0.25) is 0 Å². The Hall–Kier alpha value is -4.11. The van der Waals surface area contributed by atoms with Crippen molar-refractivity contribution < 1.29 is 17.9 Å². The van der Waals surface area contributed by atoms with Crippen LogP contribution in [0.25, 0.3) is 11.1 Å². The molecule has 1 heterocycles. The van der Waals surface area contributed by atoms with Gasteiger partial charge in [0.15, 0.2) is 11.6 Å². The first-order valence-electron chi connectivity index (χ1n) is 11.6. The van der Waals surface area contributed by atoms with E-state index in [1.807, 2.05) is 0 Å². The molecule has 0 unspecified atom stereocenters. The number of hydrogen-bond donors (Lipinski definition) is 1. The van der Waals surface area contributed by atoms with E-state index in [1.54, 1.807) is 25.1 Å². The Morgan fingerprint density at radius 3 is 2.24 bits per heavy atom. The van der Waals surface area contributed by atoms with Crippen molar-refractivity contribution in [2.75, 3.05) is 7.11 Å². The molecule has 2 N–H and O–H groups in total. The van der Waals surface area contributed by atoms with Gasteiger partial charge in [0.2, 0.25) is 0 Å². The molecular weight excluding hydrogens is 483 g/mol. The van der Waals surface area contributed by atoms with Gasteiger partial charge in [0.1, 0.15) is 11.6 Å². The lowest BCUT2D eigenvalue weighted by Crippen LogP contribution is -2.44. The van der Waals surface area contributed by atoms with Gasteiger partial charge >= 0.3 is 5.69 Å². The number of benzene rings is 3. The maximum atomic E-state index is 15.3. The van der Waals surface area contributed by atoms with Crippen LogP contribution in [0.3, 0.4) is 0 Å². The second-order valence-corrected chi connectivity index (χ2v) is 8.73. The van der Waals surface area contributed by atoms with Gasteiger partial charge in [-0.05, 0) is 37.6 Å². The zero-order chi connectivity index (χ0) is 26.9. The molecule has 0 radical (unpaired) electrons. The van der Waals surface area contributed by atoms with Crippen molar-refractivity contribution in [3.8, 4) is 16.9 Å². The third-order valence-electron chi connectivity index (χ3n) is 6.49. The van der Waals surface area contributed by atoms with E-state index in [2.05, 4.69) is 0 Å². The molecule has 0 aliphatic rings. The predicted octanol–water partition coefficient (Wildman–Crippen LogP) is 4.47. The number of methoxy groups -OCH3 is 1. The first-order chi connectivity index (χ1) is 17.6. The van der Waals surface area contributed by atoms with Gasteiger partial charge in [0.05, 0.1) is 31.8 Å². The standard InChI is InChI=1S/C28H26F3N3O3/c1-16-8-6-12-22(30)20(16)14-33-17(2)25(19-10-7-13-24(37-3)26(19)31)27(35)34(28(33)36)15-23(32)18-9-4-5-11-21(18)29/h4-13,23H,14-15,32H2,1-3H3/t23-/m0/s1. The Bertz CT molecular complexity index is 1570. The summed E-state index contributed by atoms with van der Waals surface area (Å²) in [6.45, 7) is 2.60. The van der Waals surface area contributed by atoms with E-state index in [-0.39, 0.29) is 46.8 Å². The maximum Gasteiger partial charge on any atom is 0.331 e. The van der Waals surface area contributed by atoms with Gasteiger partial charge in [-0.3, -0.25) is 13.9 Å². The zero-order valence-electron chi connectivity index (χ0n) is 20.6. The summed E-state index contributed by atoms with van der Waals surface area (Å²) in [4.78, 5) is 27.3. The summed E-state index contributed by atoms with van der Waals surface area (Å²) in [5.41, 5.74) is 5.54. The number of hydrogen-bond acceptors (Lipinski definition) is 4. The monoisotopic (exact) mass is 509 g/mol. The molecule has 0 aliphatic carbocycles. The first-order valence-corrected chi connectivity index (χ1v) is 11.6. The molecule has 4 aromatic rings. The molecule has 4 rings (SSSR count). The van der Waals surface area contributed by atoms with Crippen molar-refractivity contribution >= 4 is 0 Å². The van der Waals surface area contributed by atoms with Crippen molar-refractivity contribution in [2.24, 2.45) is 5.73 Å². The highest BCUT2D eigenvalue weighted by atomic mass is 19.1. The fraction of sp³-hybridized carbons (Fsp3) is 0.214. The van der Waals surface area contributed by atoms with E-state index in [0.717, 1.165) is 4.57 Å². The normalized spacial score (nSPS) is 12.0. The Morgan fingerprint density at radius 2 is 1.57 bits per heavy atom. The van der Waals surface area contributed by atoms with Crippen LogP contribution in [-0.2, 0) is 13.1 Å². The van der Waals surface area contributed by atoms with E-state index in [1.165, 1.54) is 61.1 Å². The van der Waals surface area contributed by atoms with Crippen molar-refractivity contribution in [3.05, 3.63) is 121 Å². The molecule has 1 aromatic heterocycles. The molecule has 0 fully saturated rings. The number of rotatable bonds is 7. The fourth-order valence-corrected chi connectivity index (χ4v) is 4.42. The van der Waals surface area contributed by atoms with E-state index in [0.29, 0.717) is 5.56 Å². The maximum absolute atomic E-state index is 15.3. The van der Waals surface area contributed by atoms with E-state index in [9.17, 15) is 18.4 Å². The number of nitrogens with two attached hydrogens (primary N) is 1. The minimum atomic E-state index is -1.05. The summed E-state index contributed by atoms with van der Waals surface area (Å²) in [5, 5.41) is 0. The van der Waals surface area contributed by atoms with Crippen LogP contribution in [0.4, 0.5) is 13.2 Å². The quantitative estimate of drug-likeness (QED) is 0.399. The van der Waals surface area contributed by atoms with Crippen LogP contribution in [-0.4, -0.2) is 16.2 Å². The van der Waals surface area contributed by atoms with Crippen molar-refractivity contribution in [3.63, 3.8) is 0 Å². The molecule has 0 saturated heterocycles. The van der Waals surface area contributed by atoms with Gasteiger partial charge < -0.3 is 10.5 Å². The summed E-state index contributed by atoms with van der Waals surface area (Å²) in [6, 6.07) is 13.6. The number of ether oxygens (including phenoxy) is 1. The average molecular weight is 510 g/mol. The van der Waals surface area contributed by atoms with E-state index >= 15 is 4.39 Å². The number of aromatic nitrogens is 2. The second kappa shape index (κ2) is 10.5. The largest absolute Gasteiger partial charge is 0.494 e. The predicted molar refractivity (Wildman–Crippen MR) is 135 cm³/mol. The van der Waals surface area contributed by atoms with Gasteiger partial charge in [0.25, 0.3) is 5.56 Å². The van der Waals surface area contributed by atoms with E-state index in [4.69, 9.17) is 10.5 Å². The number of halogens is 3. The molecule has 0 amide bonds. The molecule has 0 bridgehead atoms. The average Bonchev–Trinajstić information content (AvgIpc) is 2.87. The van der Waals surface area contributed by atoms with E-state index < -0.39 is 34.7 Å². The van der Waals surface area contributed by atoms with Crippen LogP contribution in [0, 0.1) is 31.3 Å². The molecular formula is C28H26F3N3O3. The third kappa shape index (κ3) is 4.82. The zero-order valence-corrected chi connectivity index (χ0v) is 20.6. The summed E-state index contributed by atoms with van der Waals surface area (Å²) in [7, 11) is 1.29. The molecule has 3 aromatic carbocycles.